The topological polar surface area (TPSA) is 45.5 Å². The largest absolute Gasteiger partial charge is 0.496 e. The summed E-state index contributed by atoms with van der Waals surface area (Å²) < 4.78 is 11.2. The summed E-state index contributed by atoms with van der Waals surface area (Å²) >= 11 is 12.2. The van der Waals surface area contributed by atoms with Gasteiger partial charge in [-0.25, -0.2) is 0 Å². The molecule has 0 saturated carbocycles. The van der Waals surface area contributed by atoms with E-state index in [9.17, 15) is 5.26 Å². The van der Waals surface area contributed by atoms with Crippen molar-refractivity contribution < 1.29 is 9.47 Å². The first-order chi connectivity index (χ1) is 13.1. The molecule has 6 heteroatoms. The zero-order valence-electron chi connectivity index (χ0n) is 15.3. The molecule has 0 spiro atoms. The lowest BCUT2D eigenvalue weighted by molar-refractivity contribution is 0.402. The Hall–Kier alpha value is -2.35. The summed E-state index contributed by atoms with van der Waals surface area (Å²) in [6, 6.07) is 11.1. The maximum atomic E-state index is 9.66. The molecule has 1 saturated heterocycles. The number of halogens is 2. The van der Waals surface area contributed by atoms with Gasteiger partial charge >= 0.3 is 0 Å². The van der Waals surface area contributed by atoms with Gasteiger partial charge in [-0.1, -0.05) is 29.3 Å². The third kappa shape index (κ3) is 4.16. The molecule has 2 aromatic carbocycles. The van der Waals surface area contributed by atoms with Crippen LogP contribution in [0.25, 0.3) is 11.6 Å². The quantitative estimate of drug-likeness (QED) is 0.476. The summed E-state index contributed by atoms with van der Waals surface area (Å²) in [7, 11) is 3.27. The fourth-order valence-electron chi connectivity index (χ4n) is 3.26. The van der Waals surface area contributed by atoms with E-state index in [4.69, 9.17) is 32.7 Å². The van der Waals surface area contributed by atoms with Gasteiger partial charge in [-0.2, -0.15) is 5.26 Å². The molecule has 0 aromatic heterocycles. The highest BCUT2D eigenvalue weighted by molar-refractivity contribution is 6.36. The first-order valence-electron chi connectivity index (χ1n) is 8.65. The number of nitriles is 1. The van der Waals surface area contributed by atoms with Gasteiger partial charge in [0, 0.05) is 35.3 Å². The van der Waals surface area contributed by atoms with Crippen LogP contribution in [-0.4, -0.2) is 27.3 Å². The number of benzene rings is 2. The predicted octanol–water partition coefficient (Wildman–Crippen LogP) is 5.67. The maximum Gasteiger partial charge on any atom is 0.143 e. The molecule has 2 aromatic rings. The number of rotatable bonds is 5. The zero-order valence-corrected chi connectivity index (χ0v) is 16.8. The van der Waals surface area contributed by atoms with Crippen molar-refractivity contribution in [3.8, 4) is 17.6 Å². The number of hydrogen-bond donors (Lipinski definition) is 0. The molecule has 0 unspecified atom stereocenters. The van der Waals surface area contributed by atoms with Crippen LogP contribution >= 0.6 is 23.2 Å². The van der Waals surface area contributed by atoms with Gasteiger partial charge in [-0.15, -0.1) is 0 Å². The first kappa shape index (κ1) is 19.4. The Bertz CT molecular complexity index is 913. The van der Waals surface area contributed by atoms with Crippen molar-refractivity contribution in [2.45, 2.75) is 12.8 Å². The lowest BCUT2D eigenvalue weighted by atomic mass is 10.0. The number of allylic oxidation sites excluding steroid dienone is 1. The Balaban J connectivity index is 2.09. The average Bonchev–Trinajstić information content (AvgIpc) is 3.20. The Morgan fingerprint density at radius 1 is 1.07 bits per heavy atom. The summed E-state index contributed by atoms with van der Waals surface area (Å²) in [5, 5.41) is 10.6. The Kier molecular flexibility index (Phi) is 6.15. The van der Waals surface area contributed by atoms with Crippen LogP contribution in [0.15, 0.2) is 30.3 Å². The third-order valence-electron chi connectivity index (χ3n) is 4.62. The van der Waals surface area contributed by atoms with Gasteiger partial charge in [-0.05, 0) is 37.1 Å². The lowest BCUT2D eigenvalue weighted by Gasteiger charge is -2.22. The highest BCUT2D eigenvalue weighted by Gasteiger charge is 2.19. The van der Waals surface area contributed by atoms with E-state index in [1.807, 2.05) is 12.1 Å². The fourth-order valence-corrected chi connectivity index (χ4v) is 3.77. The van der Waals surface area contributed by atoms with E-state index < -0.39 is 0 Å². The van der Waals surface area contributed by atoms with Crippen molar-refractivity contribution in [3.63, 3.8) is 0 Å². The molecule has 0 aliphatic carbocycles. The van der Waals surface area contributed by atoms with Gasteiger partial charge in [-0.3, -0.25) is 0 Å². The average molecular weight is 403 g/mol. The van der Waals surface area contributed by atoms with E-state index in [-0.39, 0.29) is 0 Å². The second-order valence-corrected chi connectivity index (χ2v) is 7.10. The molecular formula is C21H20Cl2N2O2. The monoisotopic (exact) mass is 402 g/mol. The van der Waals surface area contributed by atoms with Crippen LogP contribution in [0.1, 0.15) is 24.0 Å². The Morgan fingerprint density at radius 3 is 2.37 bits per heavy atom. The second kappa shape index (κ2) is 8.56. The van der Waals surface area contributed by atoms with Crippen LogP contribution in [0.4, 0.5) is 5.69 Å². The number of ether oxygens (including phenoxy) is 2. The van der Waals surface area contributed by atoms with Crippen LogP contribution < -0.4 is 14.4 Å². The van der Waals surface area contributed by atoms with Gasteiger partial charge in [0.1, 0.15) is 11.5 Å². The van der Waals surface area contributed by atoms with E-state index in [1.165, 1.54) is 12.8 Å². The number of nitrogens with zero attached hydrogens (tertiary/aromatic N) is 2. The molecule has 4 nitrogen and oxygen atoms in total. The van der Waals surface area contributed by atoms with Crippen molar-refractivity contribution in [1.29, 1.82) is 5.26 Å². The first-order valence-corrected chi connectivity index (χ1v) is 9.41. The predicted molar refractivity (Wildman–Crippen MR) is 111 cm³/mol. The summed E-state index contributed by atoms with van der Waals surface area (Å²) in [6.07, 6.45) is 4.09. The highest BCUT2D eigenvalue weighted by atomic mass is 35.5. The SMILES string of the molecule is COc1cc(N2CCCC2)c(OC)cc1/C=C(/C#N)c1ccc(Cl)cc1Cl. The van der Waals surface area contributed by atoms with Crippen molar-refractivity contribution in [3.05, 3.63) is 51.5 Å². The highest BCUT2D eigenvalue weighted by Crippen LogP contribution is 2.39. The van der Waals surface area contributed by atoms with Crippen LogP contribution in [0.5, 0.6) is 11.5 Å². The van der Waals surface area contributed by atoms with Gasteiger partial charge < -0.3 is 14.4 Å². The summed E-state index contributed by atoms with van der Waals surface area (Å²) in [5.74, 6) is 1.43. The Labute approximate surface area is 169 Å². The minimum absolute atomic E-state index is 0.422. The molecule has 1 fully saturated rings. The molecule has 1 aliphatic rings. The normalized spacial score (nSPS) is 14.2. The van der Waals surface area contributed by atoms with Gasteiger partial charge in [0.2, 0.25) is 0 Å². The minimum atomic E-state index is 0.422. The van der Waals surface area contributed by atoms with Crippen molar-refractivity contribution in [2.24, 2.45) is 0 Å². The molecule has 140 valence electrons. The number of methoxy groups -OCH3 is 2. The van der Waals surface area contributed by atoms with Gasteiger partial charge in [0.05, 0.1) is 36.6 Å². The second-order valence-electron chi connectivity index (χ2n) is 6.25. The van der Waals surface area contributed by atoms with Crippen LogP contribution in [0.3, 0.4) is 0 Å². The molecule has 0 atom stereocenters. The summed E-state index contributed by atoms with van der Waals surface area (Å²) in [4.78, 5) is 2.29. The molecule has 0 radical (unpaired) electrons. The summed E-state index contributed by atoms with van der Waals surface area (Å²) in [6.45, 7) is 2.00. The standard InChI is InChI=1S/C21H20Cl2N2O2/c1-26-20-12-19(25-7-3-4-8-25)21(27-2)10-14(20)9-15(13-24)17-6-5-16(22)11-18(17)23/h5-6,9-12H,3-4,7-8H2,1-2H3/b15-9-. The molecule has 27 heavy (non-hydrogen) atoms. The fraction of sp³-hybridized carbons (Fsp3) is 0.286. The van der Waals surface area contributed by atoms with E-state index >= 15 is 0 Å². The van der Waals surface area contributed by atoms with Crippen LogP contribution in [-0.2, 0) is 0 Å². The Morgan fingerprint density at radius 2 is 1.78 bits per heavy atom. The molecular weight excluding hydrogens is 383 g/mol. The van der Waals surface area contributed by atoms with Crippen molar-refractivity contribution in [1.82, 2.24) is 0 Å². The third-order valence-corrected chi connectivity index (χ3v) is 5.17. The molecule has 1 heterocycles. The molecule has 3 rings (SSSR count). The van der Waals surface area contributed by atoms with E-state index in [0.29, 0.717) is 26.9 Å². The molecule has 0 N–H and O–H groups in total. The van der Waals surface area contributed by atoms with Crippen LogP contribution in [0.2, 0.25) is 10.0 Å². The molecule has 1 aliphatic heterocycles. The number of hydrogen-bond acceptors (Lipinski definition) is 4. The van der Waals surface area contributed by atoms with E-state index in [2.05, 4.69) is 11.0 Å². The lowest BCUT2D eigenvalue weighted by Crippen LogP contribution is -2.18. The van der Waals surface area contributed by atoms with E-state index in [0.717, 1.165) is 30.1 Å². The van der Waals surface area contributed by atoms with Gasteiger partial charge in [0.25, 0.3) is 0 Å². The van der Waals surface area contributed by atoms with Crippen molar-refractivity contribution in [2.75, 3.05) is 32.2 Å². The van der Waals surface area contributed by atoms with Crippen molar-refractivity contribution >= 4 is 40.5 Å². The smallest absolute Gasteiger partial charge is 0.143 e. The zero-order chi connectivity index (χ0) is 19.4. The van der Waals surface area contributed by atoms with E-state index in [1.54, 1.807) is 38.5 Å². The molecule has 0 bridgehead atoms. The number of anilines is 1. The van der Waals surface area contributed by atoms with Crippen LogP contribution in [0, 0.1) is 11.3 Å². The summed E-state index contributed by atoms with van der Waals surface area (Å²) in [5.41, 5.74) is 2.80. The maximum absolute atomic E-state index is 9.66. The molecule has 0 amide bonds. The van der Waals surface area contributed by atoms with Gasteiger partial charge in [0.15, 0.2) is 0 Å². The minimum Gasteiger partial charge on any atom is -0.496 e.